The minimum absolute atomic E-state index is 0. The Morgan fingerprint density at radius 2 is 0.759 bits per heavy atom. The average Bonchev–Trinajstić information content (AvgIpc) is 2.39. The first-order valence-corrected chi connectivity index (χ1v) is 15.2. The van der Waals surface area contributed by atoms with Crippen LogP contribution in [-0.2, 0) is 18.3 Å². The maximum atomic E-state index is 11.4. The van der Waals surface area contributed by atoms with Crippen molar-refractivity contribution in [3.05, 3.63) is 0 Å². The van der Waals surface area contributed by atoms with Crippen LogP contribution in [0.5, 0.6) is 0 Å². The molecule has 19 heteroatoms. The average molecular weight is 513 g/mol. The van der Waals surface area contributed by atoms with E-state index < -0.39 is 67.6 Å². The zero-order valence-corrected chi connectivity index (χ0v) is 21.3. The van der Waals surface area contributed by atoms with E-state index in [0.717, 1.165) is 9.80 Å². The van der Waals surface area contributed by atoms with Gasteiger partial charge in [0.05, 0.1) is 0 Å². The minimum atomic E-state index is -4.76. The largest absolute Gasteiger partial charge is 0.339 e. The molecule has 0 aromatic carbocycles. The molecule has 29 heavy (non-hydrogen) atoms. The van der Waals surface area contributed by atoms with Gasteiger partial charge in [0.15, 0.2) is 0 Å². The van der Waals surface area contributed by atoms with Crippen LogP contribution in [0.25, 0.3) is 0 Å². The third-order valence-electron chi connectivity index (χ3n) is 4.10. The minimum Gasteiger partial charge on any atom is -0.324 e. The Bertz CT molecular complexity index is 607. The standard InChI is InChI=1S/C10H26N2O12P4.Na/c13-25(14,15)5-11(6-26(16,17)18)9-3-1-2-4-10(9)12(7-27(19,20)21)8-28(22,23)24;/h9-10H,1-8H2,(H2,13,14,15)(H2,16,17,18)(H2,19,20,21)(H2,22,23,24);. The Balaban J connectivity index is 0.00000784. The van der Waals surface area contributed by atoms with E-state index in [0.29, 0.717) is 12.8 Å². The van der Waals surface area contributed by atoms with E-state index >= 15 is 0 Å². The summed E-state index contributed by atoms with van der Waals surface area (Å²) < 4.78 is 45.8. The van der Waals surface area contributed by atoms with Crippen LogP contribution in [-0.4, -0.2) is 116 Å². The molecule has 1 fully saturated rings. The van der Waals surface area contributed by atoms with Crippen molar-refractivity contribution in [2.75, 3.05) is 25.1 Å². The summed E-state index contributed by atoms with van der Waals surface area (Å²) in [6, 6.07) is -1.96. The molecule has 1 radical (unpaired) electrons. The molecule has 1 aliphatic carbocycles. The van der Waals surface area contributed by atoms with Crippen molar-refractivity contribution < 1.29 is 57.4 Å². The second-order valence-electron chi connectivity index (χ2n) is 6.82. The van der Waals surface area contributed by atoms with E-state index in [1.54, 1.807) is 0 Å². The fourth-order valence-corrected chi connectivity index (χ4v) is 6.85. The molecular formula is C10H26N2NaO12P4. The van der Waals surface area contributed by atoms with Crippen molar-refractivity contribution in [3.8, 4) is 0 Å². The predicted octanol–water partition coefficient (Wildman–Crippen LogP) is -0.938. The van der Waals surface area contributed by atoms with E-state index in [9.17, 15) is 57.4 Å². The third kappa shape index (κ3) is 13.6. The van der Waals surface area contributed by atoms with Gasteiger partial charge in [-0.1, -0.05) is 12.8 Å². The van der Waals surface area contributed by atoms with Gasteiger partial charge in [0.25, 0.3) is 0 Å². The number of nitrogens with zero attached hydrogens (tertiary/aromatic N) is 2. The molecule has 1 saturated carbocycles. The molecule has 14 nitrogen and oxygen atoms in total. The van der Waals surface area contributed by atoms with Gasteiger partial charge < -0.3 is 39.1 Å². The summed E-state index contributed by atoms with van der Waals surface area (Å²) in [7, 11) is -19.0. The Labute approximate surface area is 189 Å². The van der Waals surface area contributed by atoms with Crippen molar-refractivity contribution in [3.63, 3.8) is 0 Å². The van der Waals surface area contributed by atoms with E-state index in [4.69, 9.17) is 0 Å². The second-order valence-corrected chi connectivity index (χ2v) is 13.3. The van der Waals surface area contributed by atoms with Gasteiger partial charge in [-0.05, 0) is 12.8 Å². The first-order valence-electron chi connectivity index (χ1n) is 8.03. The molecule has 1 aliphatic rings. The van der Waals surface area contributed by atoms with E-state index in [1.165, 1.54) is 0 Å². The topological polar surface area (TPSA) is 237 Å². The fraction of sp³-hybridized carbons (Fsp3) is 1.00. The van der Waals surface area contributed by atoms with Gasteiger partial charge in [0.2, 0.25) is 0 Å². The van der Waals surface area contributed by atoms with Crippen molar-refractivity contribution in [1.82, 2.24) is 9.80 Å². The zero-order chi connectivity index (χ0) is 22.0. The van der Waals surface area contributed by atoms with Crippen LogP contribution in [0.2, 0.25) is 0 Å². The van der Waals surface area contributed by atoms with Crippen molar-refractivity contribution >= 4 is 59.9 Å². The number of rotatable bonds is 10. The van der Waals surface area contributed by atoms with Crippen LogP contribution in [0.1, 0.15) is 25.7 Å². The molecule has 2 atom stereocenters. The van der Waals surface area contributed by atoms with E-state index in [2.05, 4.69) is 0 Å². The summed E-state index contributed by atoms with van der Waals surface area (Å²) in [6.45, 7) is 0. The van der Waals surface area contributed by atoms with Crippen LogP contribution in [0.4, 0.5) is 0 Å². The molecule has 0 aromatic rings. The summed E-state index contributed by atoms with van der Waals surface area (Å²) in [6.07, 6.45) is -2.72. The Morgan fingerprint density at radius 3 is 0.931 bits per heavy atom. The first-order chi connectivity index (χ1) is 12.4. The van der Waals surface area contributed by atoms with Gasteiger partial charge in [0, 0.05) is 41.6 Å². The Kier molecular flexibility index (Phi) is 12.2. The Morgan fingerprint density at radius 1 is 0.552 bits per heavy atom. The summed E-state index contributed by atoms with van der Waals surface area (Å²) in [5, 5.41) is 0. The molecule has 0 heterocycles. The van der Waals surface area contributed by atoms with Crippen molar-refractivity contribution in [2.24, 2.45) is 0 Å². The summed E-state index contributed by atoms with van der Waals surface area (Å²) in [5.41, 5.74) is 0. The zero-order valence-electron chi connectivity index (χ0n) is 15.7. The van der Waals surface area contributed by atoms with Crippen LogP contribution in [0.15, 0.2) is 0 Å². The van der Waals surface area contributed by atoms with Crippen LogP contribution in [0, 0.1) is 0 Å². The molecule has 0 aromatic heterocycles. The van der Waals surface area contributed by atoms with Gasteiger partial charge in [-0.3, -0.25) is 28.1 Å². The number of hydrogen-bond acceptors (Lipinski definition) is 6. The number of hydrogen-bond donors (Lipinski definition) is 8. The molecule has 0 bridgehead atoms. The molecule has 0 amide bonds. The normalized spacial score (nSPS) is 22.0. The van der Waals surface area contributed by atoms with Gasteiger partial charge in [-0.15, -0.1) is 0 Å². The van der Waals surface area contributed by atoms with E-state index in [1.807, 2.05) is 0 Å². The van der Waals surface area contributed by atoms with Crippen molar-refractivity contribution in [2.45, 2.75) is 37.8 Å². The van der Waals surface area contributed by atoms with Gasteiger partial charge in [-0.25, -0.2) is 0 Å². The van der Waals surface area contributed by atoms with Gasteiger partial charge in [-0.2, -0.15) is 0 Å². The molecule has 169 valence electrons. The van der Waals surface area contributed by atoms with Crippen molar-refractivity contribution in [1.29, 1.82) is 0 Å². The van der Waals surface area contributed by atoms with Gasteiger partial charge in [0.1, 0.15) is 25.1 Å². The molecule has 1 rings (SSSR count). The Hall–Kier alpha value is 1.52. The SMILES string of the molecule is O=P(O)(O)CN(CP(=O)(O)O)C1CCCCC1N(CP(=O)(O)O)CP(=O)(O)O.[Na]. The maximum absolute atomic E-state index is 11.4. The summed E-state index contributed by atoms with van der Waals surface area (Å²) in [4.78, 5) is 75.8. The molecule has 0 saturated heterocycles. The van der Waals surface area contributed by atoms with Crippen LogP contribution >= 0.6 is 30.4 Å². The molecule has 2 unspecified atom stereocenters. The third-order valence-corrected chi connectivity index (χ3v) is 7.02. The quantitative estimate of drug-likeness (QED) is 0.130. The monoisotopic (exact) mass is 513 g/mol. The maximum Gasteiger partial charge on any atom is 0.339 e. The summed E-state index contributed by atoms with van der Waals surface area (Å²) >= 11 is 0. The smallest absolute Gasteiger partial charge is 0.324 e. The summed E-state index contributed by atoms with van der Waals surface area (Å²) in [5.74, 6) is 0. The molecular weight excluding hydrogens is 487 g/mol. The van der Waals surface area contributed by atoms with Crippen LogP contribution < -0.4 is 0 Å². The van der Waals surface area contributed by atoms with E-state index in [-0.39, 0.29) is 42.4 Å². The van der Waals surface area contributed by atoms with Crippen LogP contribution in [0.3, 0.4) is 0 Å². The molecule has 0 spiro atoms. The first kappa shape index (κ1) is 30.5. The second kappa shape index (κ2) is 11.6. The fourth-order valence-electron chi connectivity index (χ4n) is 3.40. The predicted molar refractivity (Wildman–Crippen MR) is 103 cm³/mol. The molecule has 8 N–H and O–H groups in total. The molecule has 0 aliphatic heterocycles. The van der Waals surface area contributed by atoms with Gasteiger partial charge >= 0.3 is 30.4 Å².